The minimum Gasteiger partial charge on any atom is -0.493 e. The van der Waals surface area contributed by atoms with Crippen molar-refractivity contribution >= 4 is 11.8 Å². The van der Waals surface area contributed by atoms with Crippen LogP contribution in [0.3, 0.4) is 0 Å². The van der Waals surface area contributed by atoms with Crippen molar-refractivity contribution in [2.45, 2.75) is 64.9 Å². The molecule has 0 aromatic carbocycles. The number of carbonyl (C=O) groups is 2. The second-order valence-corrected chi connectivity index (χ2v) is 9.56. The topological polar surface area (TPSA) is 72.8 Å². The molecule has 0 heterocycles. The van der Waals surface area contributed by atoms with Gasteiger partial charge in [-0.1, -0.05) is 32.9 Å². The van der Waals surface area contributed by atoms with Crippen LogP contribution in [0.2, 0.25) is 0 Å². The van der Waals surface area contributed by atoms with Gasteiger partial charge in [-0.15, -0.1) is 0 Å². The Labute approximate surface area is 168 Å². The average Bonchev–Trinajstić information content (AvgIpc) is 2.91. The van der Waals surface area contributed by atoms with Crippen molar-refractivity contribution in [3.63, 3.8) is 0 Å². The predicted octanol–water partition coefficient (Wildman–Crippen LogP) is 3.81. The second-order valence-electron chi connectivity index (χ2n) is 9.56. The van der Waals surface area contributed by atoms with E-state index in [1.165, 1.54) is 25.9 Å². The van der Waals surface area contributed by atoms with Crippen LogP contribution in [0.25, 0.3) is 0 Å². The number of ether oxygens (including phenoxy) is 2. The van der Waals surface area contributed by atoms with Crippen LogP contribution in [-0.2, 0) is 19.1 Å². The number of allylic oxidation sites excluding steroid dienone is 2. The third-order valence-corrected chi connectivity index (χ3v) is 8.38. The summed E-state index contributed by atoms with van der Waals surface area (Å²) in [6, 6.07) is 0. The molecule has 0 spiro atoms. The van der Waals surface area contributed by atoms with Crippen LogP contribution in [0.15, 0.2) is 24.0 Å². The van der Waals surface area contributed by atoms with Gasteiger partial charge in [0.1, 0.15) is 0 Å². The summed E-state index contributed by atoms with van der Waals surface area (Å²) in [6.07, 6.45) is 7.05. The highest BCUT2D eigenvalue weighted by Gasteiger charge is 2.60. The average molecular weight is 391 g/mol. The summed E-state index contributed by atoms with van der Waals surface area (Å²) in [6.45, 7) is 11.2. The molecule has 6 atom stereocenters. The standard InChI is InChI=1S/C23H34O5/c1-14-8-7-9-18-21(14,3)11-10-15(2)22(18,4)12-16-19(24)17(27-5)13-23(16,26)20(25)28-6/h13,15-16,18,26H,1,7-12H2,2-6H3. The maximum Gasteiger partial charge on any atom is 0.342 e. The molecule has 2 saturated carbocycles. The van der Waals surface area contributed by atoms with Gasteiger partial charge in [0.2, 0.25) is 5.78 Å². The van der Waals surface area contributed by atoms with Gasteiger partial charge in [0.25, 0.3) is 0 Å². The first-order valence-corrected chi connectivity index (χ1v) is 10.3. The minimum atomic E-state index is -1.97. The zero-order valence-corrected chi connectivity index (χ0v) is 17.8. The Balaban J connectivity index is 2.00. The quantitative estimate of drug-likeness (QED) is 0.584. The molecule has 3 aliphatic rings. The summed E-state index contributed by atoms with van der Waals surface area (Å²) in [5, 5.41) is 11.2. The van der Waals surface area contributed by atoms with Gasteiger partial charge in [0.15, 0.2) is 11.4 Å². The fraction of sp³-hybridized carbons (Fsp3) is 0.739. The molecule has 0 aliphatic heterocycles. The van der Waals surface area contributed by atoms with Gasteiger partial charge in [-0.25, -0.2) is 4.79 Å². The lowest BCUT2D eigenvalue weighted by molar-refractivity contribution is -0.167. The summed E-state index contributed by atoms with van der Waals surface area (Å²) in [4.78, 5) is 25.5. The van der Waals surface area contributed by atoms with Crippen molar-refractivity contribution in [2.24, 2.45) is 28.6 Å². The van der Waals surface area contributed by atoms with E-state index in [0.29, 0.717) is 18.3 Å². The monoisotopic (exact) mass is 390 g/mol. The SMILES string of the molecule is C=C1CCCC2C1(C)CCC(C)C2(C)CC1C(=O)C(OC)=CC1(O)C(=O)OC. The molecule has 0 radical (unpaired) electrons. The Morgan fingerprint density at radius 2 is 2.00 bits per heavy atom. The van der Waals surface area contributed by atoms with Crippen molar-refractivity contribution in [1.29, 1.82) is 0 Å². The third kappa shape index (κ3) is 2.85. The number of Topliss-reactive ketones (excluding diaryl/α,β-unsaturated/α-hetero) is 1. The normalized spacial score (nSPS) is 43.4. The van der Waals surface area contributed by atoms with Crippen LogP contribution in [0.5, 0.6) is 0 Å². The van der Waals surface area contributed by atoms with E-state index in [0.717, 1.165) is 32.1 Å². The highest BCUT2D eigenvalue weighted by molar-refractivity contribution is 6.05. The fourth-order valence-electron chi connectivity index (χ4n) is 6.27. The molecule has 0 bridgehead atoms. The molecule has 0 saturated heterocycles. The van der Waals surface area contributed by atoms with Crippen molar-refractivity contribution in [1.82, 2.24) is 0 Å². The number of ketones is 1. The summed E-state index contributed by atoms with van der Waals surface area (Å²) >= 11 is 0. The molecule has 5 heteroatoms. The Morgan fingerprint density at radius 1 is 1.32 bits per heavy atom. The zero-order valence-electron chi connectivity index (χ0n) is 17.8. The van der Waals surface area contributed by atoms with E-state index in [9.17, 15) is 14.7 Å². The smallest absolute Gasteiger partial charge is 0.342 e. The molecule has 0 aromatic heterocycles. The number of hydrogen-bond donors (Lipinski definition) is 1. The van der Waals surface area contributed by atoms with Gasteiger partial charge in [0.05, 0.1) is 20.1 Å². The summed E-state index contributed by atoms with van der Waals surface area (Å²) < 4.78 is 10.0. The highest BCUT2D eigenvalue weighted by Crippen LogP contribution is 2.63. The fourth-order valence-corrected chi connectivity index (χ4v) is 6.27. The van der Waals surface area contributed by atoms with Gasteiger partial charge in [-0.2, -0.15) is 0 Å². The molecular weight excluding hydrogens is 356 g/mol. The van der Waals surface area contributed by atoms with E-state index in [1.54, 1.807) is 0 Å². The van der Waals surface area contributed by atoms with Crippen molar-refractivity contribution in [3.8, 4) is 0 Å². The Morgan fingerprint density at radius 3 is 2.61 bits per heavy atom. The zero-order chi connectivity index (χ0) is 20.9. The molecule has 6 unspecified atom stereocenters. The second kappa shape index (κ2) is 7.01. The first kappa shape index (κ1) is 21.1. The van der Waals surface area contributed by atoms with Gasteiger partial charge in [-0.3, -0.25) is 4.79 Å². The number of aliphatic hydroxyl groups is 1. The van der Waals surface area contributed by atoms with E-state index >= 15 is 0 Å². The summed E-state index contributed by atoms with van der Waals surface area (Å²) in [5.74, 6) is -1.23. The lowest BCUT2D eigenvalue weighted by Crippen LogP contribution is -2.54. The number of rotatable bonds is 4. The van der Waals surface area contributed by atoms with Crippen LogP contribution in [-0.4, -0.2) is 36.7 Å². The van der Waals surface area contributed by atoms with Crippen molar-refractivity contribution in [2.75, 3.05) is 14.2 Å². The first-order chi connectivity index (χ1) is 13.0. The lowest BCUT2D eigenvalue weighted by Gasteiger charge is -2.59. The number of carbonyl (C=O) groups excluding carboxylic acids is 2. The van der Waals surface area contributed by atoms with Crippen LogP contribution in [0.4, 0.5) is 0 Å². The highest BCUT2D eigenvalue weighted by atomic mass is 16.5. The molecule has 156 valence electrons. The van der Waals surface area contributed by atoms with E-state index < -0.39 is 17.5 Å². The largest absolute Gasteiger partial charge is 0.493 e. The Bertz CT molecular complexity index is 725. The van der Waals surface area contributed by atoms with Gasteiger partial charge < -0.3 is 14.6 Å². The van der Waals surface area contributed by atoms with E-state index in [4.69, 9.17) is 9.47 Å². The van der Waals surface area contributed by atoms with Gasteiger partial charge >= 0.3 is 5.97 Å². The van der Waals surface area contributed by atoms with Gasteiger partial charge in [-0.05, 0) is 61.2 Å². The number of fused-ring (bicyclic) bond motifs is 1. The molecular formula is C23H34O5. The molecule has 0 aromatic rings. The number of hydrogen-bond acceptors (Lipinski definition) is 5. The lowest BCUT2D eigenvalue weighted by atomic mass is 9.45. The van der Waals surface area contributed by atoms with Gasteiger partial charge in [0, 0.05) is 6.08 Å². The maximum atomic E-state index is 13.0. The van der Waals surface area contributed by atoms with E-state index in [-0.39, 0.29) is 22.4 Å². The predicted molar refractivity (Wildman–Crippen MR) is 106 cm³/mol. The van der Waals surface area contributed by atoms with Crippen LogP contribution >= 0.6 is 0 Å². The van der Waals surface area contributed by atoms with Crippen LogP contribution in [0.1, 0.15) is 59.3 Å². The number of methoxy groups -OCH3 is 2. The molecule has 3 rings (SSSR count). The van der Waals surface area contributed by atoms with Crippen LogP contribution in [0, 0.1) is 28.6 Å². The van der Waals surface area contributed by atoms with Crippen molar-refractivity contribution in [3.05, 3.63) is 24.0 Å². The number of esters is 1. The molecule has 2 fully saturated rings. The maximum absolute atomic E-state index is 13.0. The Hall–Kier alpha value is -1.62. The first-order valence-electron chi connectivity index (χ1n) is 10.3. The molecule has 5 nitrogen and oxygen atoms in total. The minimum absolute atomic E-state index is 0.0424. The Kier molecular flexibility index (Phi) is 5.28. The molecule has 0 amide bonds. The third-order valence-electron chi connectivity index (χ3n) is 8.38. The molecule has 1 N–H and O–H groups in total. The van der Waals surface area contributed by atoms with E-state index in [1.807, 2.05) is 0 Å². The molecule has 3 aliphatic carbocycles. The molecule has 28 heavy (non-hydrogen) atoms. The summed E-state index contributed by atoms with van der Waals surface area (Å²) in [7, 11) is 2.62. The van der Waals surface area contributed by atoms with Crippen molar-refractivity contribution < 1.29 is 24.2 Å². The summed E-state index contributed by atoms with van der Waals surface area (Å²) in [5.41, 5.74) is -0.824. The van der Waals surface area contributed by atoms with Crippen LogP contribution < -0.4 is 0 Å². The van der Waals surface area contributed by atoms with E-state index in [2.05, 4.69) is 27.4 Å².